The second-order valence-electron chi connectivity index (χ2n) is 12.3. The van der Waals surface area contributed by atoms with E-state index in [0.717, 1.165) is 103 Å². The lowest BCUT2D eigenvalue weighted by Gasteiger charge is -2.22. The van der Waals surface area contributed by atoms with Gasteiger partial charge in [-0.15, -0.1) is 0 Å². The first-order valence-electron chi connectivity index (χ1n) is 17.5. The molecule has 0 N–H and O–H groups in total. The molecule has 3 rings (SSSR count). The molecule has 0 fully saturated rings. The van der Waals surface area contributed by atoms with E-state index < -0.39 is 17.7 Å². The lowest BCUT2D eigenvalue weighted by Crippen LogP contribution is -2.28. The quantitative estimate of drug-likeness (QED) is 0.0836. The number of hydrogen-bond acceptors (Lipinski definition) is 8. The summed E-state index contributed by atoms with van der Waals surface area (Å²) < 4.78 is 11.1. The van der Waals surface area contributed by atoms with Crippen LogP contribution in [0.2, 0.25) is 0 Å². The fourth-order valence-corrected chi connectivity index (χ4v) is 5.67. The number of ketones is 2. The average Bonchev–Trinajstić information content (AvgIpc) is 3.08. The maximum Gasteiger partial charge on any atom is 0.338 e. The Labute approximate surface area is 275 Å². The molecule has 0 unspecified atom stereocenters. The van der Waals surface area contributed by atoms with Gasteiger partial charge in [0.25, 0.3) is 0 Å². The molecule has 0 spiro atoms. The first-order valence-corrected chi connectivity index (χ1v) is 17.5. The molecule has 2 aromatic carbocycles. The Kier molecular flexibility index (Phi) is 16.1. The van der Waals surface area contributed by atoms with Gasteiger partial charge in [-0.25, -0.2) is 9.59 Å². The van der Waals surface area contributed by atoms with Gasteiger partial charge in [0.2, 0.25) is 0 Å². The fourth-order valence-electron chi connectivity index (χ4n) is 5.67. The summed E-state index contributed by atoms with van der Waals surface area (Å²) in [6, 6.07) is 8.96. The molecular weight excluding hydrogens is 580 g/mol. The first kappa shape index (κ1) is 37.1. The van der Waals surface area contributed by atoms with Crippen LogP contribution in [0.25, 0.3) is 0 Å². The van der Waals surface area contributed by atoms with Crippen molar-refractivity contribution in [2.45, 2.75) is 91.9 Å². The smallest absolute Gasteiger partial charge is 0.338 e. The number of carbonyl (C=O) groups is 4. The first-order chi connectivity index (χ1) is 22.3. The lowest BCUT2D eigenvalue weighted by atomic mass is 9.82. The summed E-state index contributed by atoms with van der Waals surface area (Å²) in [4.78, 5) is 57.4. The number of ether oxygens (including phenoxy) is 2. The number of carbonyl (C=O) groups excluding carboxylic acids is 4. The summed E-state index contributed by atoms with van der Waals surface area (Å²) >= 11 is 0. The number of rotatable bonds is 22. The Morgan fingerprint density at radius 1 is 0.500 bits per heavy atom. The van der Waals surface area contributed by atoms with E-state index in [2.05, 4.69) is 37.5 Å². The molecule has 0 aromatic heterocycles. The summed E-state index contributed by atoms with van der Waals surface area (Å²) in [5.41, 5.74) is 1.20. The van der Waals surface area contributed by atoms with Crippen molar-refractivity contribution < 1.29 is 28.7 Å². The van der Waals surface area contributed by atoms with Crippen LogP contribution in [0.4, 0.5) is 0 Å². The second-order valence-corrected chi connectivity index (χ2v) is 12.3. The molecule has 0 bridgehead atoms. The predicted molar refractivity (Wildman–Crippen MR) is 182 cm³/mol. The Bertz CT molecular complexity index is 1190. The maximum absolute atomic E-state index is 13.6. The van der Waals surface area contributed by atoms with E-state index in [0.29, 0.717) is 0 Å². The molecule has 0 aliphatic heterocycles. The number of esters is 2. The number of nitrogens with zero attached hydrogens (tertiary/aromatic N) is 2. The summed E-state index contributed by atoms with van der Waals surface area (Å²) in [7, 11) is 0. The molecule has 252 valence electrons. The normalized spacial score (nSPS) is 12.4. The molecule has 46 heavy (non-hydrogen) atoms. The Hall–Kier alpha value is -3.36. The molecule has 1 aliphatic rings. The molecule has 0 saturated heterocycles. The monoisotopic (exact) mass is 634 g/mol. The van der Waals surface area contributed by atoms with E-state index in [1.54, 1.807) is 0 Å². The van der Waals surface area contributed by atoms with E-state index >= 15 is 0 Å². The van der Waals surface area contributed by atoms with Crippen LogP contribution >= 0.6 is 0 Å². The molecule has 0 atom stereocenters. The predicted octanol–water partition coefficient (Wildman–Crippen LogP) is 7.36. The van der Waals surface area contributed by atoms with E-state index in [1.165, 1.54) is 36.4 Å². The van der Waals surface area contributed by atoms with Crippen molar-refractivity contribution in [1.29, 1.82) is 0 Å². The molecule has 0 amide bonds. The largest absolute Gasteiger partial charge is 0.462 e. The summed E-state index contributed by atoms with van der Waals surface area (Å²) in [6.45, 7) is 15.2. The molecule has 8 heteroatoms. The zero-order valence-corrected chi connectivity index (χ0v) is 28.5. The molecule has 0 heterocycles. The van der Waals surface area contributed by atoms with Crippen LogP contribution in [-0.4, -0.2) is 85.8 Å². The van der Waals surface area contributed by atoms with Crippen LogP contribution in [0.15, 0.2) is 36.4 Å². The number of unbranched alkanes of at least 4 members (excludes halogenated alkanes) is 4. The maximum atomic E-state index is 13.6. The zero-order chi connectivity index (χ0) is 33.3. The van der Waals surface area contributed by atoms with E-state index in [9.17, 15) is 19.2 Å². The molecule has 2 aromatic rings. The van der Waals surface area contributed by atoms with Crippen molar-refractivity contribution >= 4 is 23.5 Å². The molecule has 8 nitrogen and oxygen atoms in total. The minimum Gasteiger partial charge on any atom is -0.462 e. The molecule has 0 saturated carbocycles. The Balaban J connectivity index is 1.59. The minimum absolute atomic E-state index is 0.141. The van der Waals surface area contributed by atoms with Crippen molar-refractivity contribution in [2.24, 2.45) is 0 Å². The molecule has 1 aliphatic carbocycles. The highest BCUT2D eigenvalue weighted by Crippen LogP contribution is 2.29. The average molecular weight is 635 g/mol. The van der Waals surface area contributed by atoms with Gasteiger partial charge in [-0.1, -0.05) is 53.4 Å². The van der Waals surface area contributed by atoms with Gasteiger partial charge < -0.3 is 19.3 Å². The van der Waals surface area contributed by atoms with Gasteiger partial charge in [0.15, 0.2) is 11.6 Å². The third-order valence-electron chi connectivity index (χ3n) is 8.50. The van der Waals surface area contributed by atoms with Crippen LogP contribution in [0.1, 0.15) is 144 Å². The van der Waals surface area contributed by atoms with Gasteiger partial charge in [0.05, 0.1) is 24.3 Å². The van der Waals surface area contributed by atoms with Crippen LogP contribution in [0.5, 0.6) is 0 Å². The van der Waals surface area contributed by atoms with E-state index in [-0.39, 0.29) is 52.4 Å². The van der Waals surface area contributed by atoms with Crippen molar-refractivity contribution in [3.8, 4) is 0 Å². The summed E-state index contributed by atoms with van der Waals surface area (Å²) in [5.74, 6) is -1.77. The van der Waals surface area contributed by atoms with Gasteiger partial charge in [0, 0.05) is 35.3 Å². The van der Waals surface area contributed by atoms with Crippen LogP contribution in [0, 0.1) is 0 Å². The number of fused-ring (bicyclic) bond motifs is 2. The number of benzene rings is 2. The van der Waals surface area contributed by atoms with Crippen molar-refractivity contribution in [2.75, 3.05) is 52.5 Å². The number of hydrogen-bond donors (Lipinski definition) is 0. The van der Waals surface area contributed by atoms with Gasteiger partial charge in [-0.3, -0.25) is 9.59 Å². The third-order valence-corrected chi connectivity index (χ3v) is 8.50. The topological polar surface area (TPSA) is 93.2 Å². The van der Waals surface area contributed by atoms with Crippen molar-refractivity contribution in [1.82, 2.24) is 9.80 Å². The van der Waals surface area contributed by atoms with Crippen molar-refractivity contribution in [3.05, 3.63) is 69.8 Å². The zero-order valence-electron chi connectivity index (χ0n) is 28.5. The standard InChI is InChI=1S/C38H54N2O6/c1-5-9-19-39(20-10-6-2)23-13-25-45-37(43)29-15-17-31-33(27-29)36(42)34-28-30(16-18-32(34)35(31)41)38(44)46-26-14-24-40(21-11-7-3)22-12-8-4/h15-18,27-28H,5-14,19-26H2,1-4H3. The van der Waals surface area contributed by atoms with Crippen LogP contribution < -0.4 is 0 Å². The van der Waals surface area contributed by atoms with Gasteiger partial charge >= 0.3 is 11.9 Å². The minimum atomic E-state index is -0.525. The summed E-state index contributed by atoms with van der Waals surface area (Å²) in [6.07, 6.45) is 10.6. The molecular formula is C38H54N2O6. The van der Waals surface area contributed by atoms with Gasteiger partial charge in [0.1, 0.15) is 0 Å². The van der Waals surface area contributed by atoms with Crippen LogP contribution in [0.3, 0.4) is 0 Å². The van der Waals surface area contributed by atoms with Crippen LogP contribution in [-0.2, 0) is 9.47 Å². The fraction of sp³-hybridized carbons (Fsp3) is 0.579. The highest BCUT2D eigenvalue weighted by Gasteiger charge is 2.31. The highest BCUT2D eigenvalue weighted by molar-refractivity contribution is 6.29. The second kappa shape index (κ2) is 20.0. The lowest BCUT2D eigenvalue weighted by molar-refractivity contribution is 0.0478. The van der Waals surface area contributed by atoms with Gasteiger partial charge in [-0.2, -0.15) is 0 Å². The highest BCUT2D eigenvalue weighted by atomic mass is 16.5. The molecule has 0 radical (unpaired) electrons. The third kappa shape index (κ3) is 10.9. The Morgan fingerprint density at radius 2 is 0.826 bits per heavy atom. The van der Waals surface area contributed by atoms with E-state index in [1.807, 2.05) is 0 Å². The van der Waals surface area contributed by atoms with Crippen molar-refractivity contribution in [3.63, 3.8) is 0 Å². The summed E-state index contributed by atoms with van der Waals surface area (Å²) in [5, 5.41) is 0. The van der Waals surface area contributed by atoms with Gasteiger partial charge in [-0.05, 0) is 101 Å². The van der Waals surface area contributed by atoms with E-state index in [4.69, 9.17) is 9.47 Å². The Morgan fingerprint density at radius 3 is 1.17 bits per heavy atom. The SMILES string of the molecule is CCCCN(CCCC)CCCOC(=O)c1ccc2c(c1)C(=O)c1cc(C(=O)OCCCN(CCCC)CCCC)ccc1C2=O.